The van der Waals surface area contributed by atoms with E-state index >= 15 is 0 Å². The molecular formula is C17H16ClN3. The third-order valence-corrected chi connectivity index (χ3v) is 3.51. The summed E-state index contributed by atoms with van der Waals surface area (Å²) in [5.41, 5.74) is 3.05. The Kier molecular flexibility index (Phi) is 3.76. The number of aromatic nitrogens is 2. The lowest BCUT2D eigenvalue weighted by Gasteiger charge is -2.10. The van der Waals surface area contributed by atoms with Gasteiger partial charge in [-0.15, -0.1) is 0 Å². The molecule has 0 fully saturated rings. The predicted molar refractivity (Wildman–Crippen MR) is 88.9 cm³/mol. The molecule has 1 N–H and O–H groups in total. The van der Waals surface area contributed by atoms with E-state index in [0.29, 0.717) is 10.8 Å². The molecule has 3 aromatic rings. The van der Waals surface area contributed by atoms with Gasteiger partial charge in [0, 0.05) is 22.5 Å². The Balaban J connectivity index is 2.23. The van der Waals surface area contributed by atoms with Crippen LogP contribution in [-0.2, 0) is 0 Å². The molecule has 0 amide bonds. The lowest BCUT2D eigenvalue weighted by Crippen LogP contribution is -2.03. The van der Waals surface area contributed by atoms with Crippen molar-refractivity contribution in [2.75, 3.05) is 11.9 Å². The van der Waals surface area contributed by atoms with Crippen molar-refractivity contribution in [1.29, 1.82) is 0 Å². The SMILES string of the molecule is CCNc1nc(-c2cccc(Cl)c2)nc2ccc(C)cc12. The number of aryl methyl sites for hydroxylation is 1. The maximum absolute atomic E-state index is 6.06. The zero-order valence-electron chi connectivity index (χ0n) is 12.0. The number of rotatable bonds is 3. The first-order valence-corrected chi connectivity index (χ1v) is 7.33. The van der Waals surface area contributed by atoms with E-state index in [2.05, 4.69) is 41.3 Å². The fourth-order valence-electron chi connectivity index (χ4n) is 2.30. The Morgan fingerprint density at radius 3 is 2.71 bits per heavy atom. The molecule has 0 atom stereocenters. The molecule has 21 heavy (non-hydrogen) atoms. The van der Waals surface area contributed by atoms with Crippen LogP contribution in [0.1, 0.15) is 12.5 Å². The molecule has 0 aliphatic rings. The number of halogens is 1. The summed E-state index contributed by atoms with van der Waals surface area (Å²) in [6, 6.07) is 13.8. The van der Waals surface area contributed by atoms with Gasteiger partial charge in [-0.2, -0.15) is 0 Å². The van der Waals surface area contributed by atoms with E-state index in [4.69, 9.17) is 11.6 Å². The molecule has 0 saturated heterocycles. The second-order valence-corrected chi connectivity index (χ2v) is 5.39. The molecule has 0 bridgehead atoms. The van der Waals surface area contributed by atoms with Crippen LogP contribution >= 0.6 is 11.6 Å². The first-order chi connectivity index (χ1) is 10.2. The van der Waals surface area contributed by atoms with Crippen molar-refractivity contribution in [3.05, 3.63) is 53.1 Å². The Morgan fingerprint density at radius 2 is 1.95 bits per heavy atom. The molecule has 1 aromatic heterocycles. The highest BCUT2D eigenvalue weighted by molar-refractivity contribution is 6.30. The number of nitrogens with zero attached hydrogens (tertiary/aromatic N) is 2. The molecule has 0 saturated carbocycles. The maximum Gasteiger partial charge on any atom is 0.162 e. The number of anilines is 1. The number of benzene rings is 2. The van der Waals surface area contributed by atoms with E-state index in [1.807, 2.05) is 30.3 Å². The van der Waals surface area contributed by atoms with Gasteiger partial charge in [-0.05, 0) is 38.1 Å². The van der Waals surface area contributed by atoms with Crippen LogP contribution in [-0.4, -0.2) is 16.5 Å². The first-order valence-electron chi connectivity index (χ1n) is 6.95. The molecule has 0 unspecified atom stereocenters. The minimum Gasteiger partial charge on any atom is -0.370 e. The highest BCUT2D eigenvalue weighted by atomic mass is 35.5. The van der Waals surface area contributed by atoms with Crippen molar-refractivity contribution in [2.24, 2.45) is 0 Å². The molecule has 3 rings (SSSR count). The summed E-state index contributed by atoms with van der Waals surface area (Å²) in [6.07, 6.45) is 0. The van der Waals surface area contributed by atoms with Crippen LogP contribution in [0.4, 0.5) is 5.82 Å². The van der Waals surface area contributed by atoms with Gasteiger partial charge in [-0.3, -0.25) is 0 Å². The molecule has 3 nitrogen and oxygen atoms in total. The number of fused-ring (bicyclic) bond motifs is 1. The quantitative estimate of drug-likeness (QED) is 0.762. The summed E-state index contributed by atoms with van der Waals surface area (Å²) in [7, 11) is 0. The number of nitrogens with one attached hydrogen (secondary N) is 1. The van der Waals surface area contributed by atoms with Crippen LogP contribution in [0.5, 0.6) is 0 Å². The normalized spacial score (nSPS) is 10.8. The fraction of sp³-hybridized carbons (Fsp3) is 0.176. The second kappa shape index (κ2) is 5.70. The standard InChI is InChI=1S/C17H16ClN3/c1-3-19-17-14-9-11(2)7-8-15(14)20-16(21-17)12-5-4-6-13(18)10-12/h4-10H,3H2,1-2H3,(H,19,20,21). The smallest absolute Gasteiger partial charge is 0.162 e. The van der Waals surface area contributed by atoms with Crippen LogP contribution in [0.2, 0.25) is 5.02 Å². The highest BCUT2D eigenvalue weighted by Gasteiger charge is 2.09. The zero-order chi connectivity index (χ0) is 14.8. The monoisotopic (exact) mass is 297 g/mol. The van der Waals surface area contributed by atoms with Crippen LogP contribution in [0.15, 0.2) is 42.5 Å². The average molecular weight is 298 g/mol. The summed E-state index contributed by atoms with van der Waals surface area (Å²) in [5, 5.41) is 5.05. The minimum atomic E-state index is 0.685. The fourth-order valence-corrected chi connectivity index (χ4v) is 2.49. The molecular weight excluding hydrogens is 282 g/mol. The van der Waals surface area contributed by atoms with Crippen LogP contribution in [0.25, 0.3) is 22.3 Å². The molecule has 1 heterocycles. The van der Waals surface area contributed by atoms with Crippen molar-refractivity contribution in [1.82, 2.24) is 9.97 Å². The highest BCUT2D eigenvalue weighted by Crippen LogP contribution is 2.26. The Morgan fingerprint density at radius 1 is 1.10 bits per heavy atom. The van der Waals surface area contributed by atoms with Gasteiger partial charge in [0.1, 0.15) is 5.82 Å². The molecule has 4 heteroatoms. The lowest BCUT2D eigenvalue weighted by molar-refractivity contribution is 1.14. The largest absolute Gasteiger partial charge is 0.370 e. The van der Waals surface area contributed by atoms with Crippen LogP contribution in [0, 0.1) is 6.92 Å². The van der Waals surface area contributed by atoms with Crippen LogP contribution in [0.3, 0.4) is 0 Å². The Labute approximate surface area is 129 Å². The van der Waals surface area contributed by atoms with E-state index in [1.54, 1.807) is 0 Å². The van der Waals surface area contributed by atoms with E-state index in [0.717, 1.165) is 28.8 Å². The van der Waals surface area contributed by atoms with Crippen molar-refractivity contribution in [2.45, 2.75) is 13.8 Å². The van der Waals surface area contributed by atoms with Gasteiger partial charge in [0.05, 0.1) is 5.52 Å². The van der Waals surface area contributed by atoms with Gasteiger partial charge >= 0.3 is 0 Å². The maximum atomic E-state index is 6.06. The average Bonchev–Trinajstić information content (AvgIpc) is 2.48. The molecule has 106 valence electrons. The summed E-state index contributed by atoms with van der Waals surface area (Å²) < 4.78 is 0. The van der Waals surface area contributed by atoms with E-state index in [1.165, 1.54) is 5.56 Å². The van der Waals surface area contributed by atoms with Gasteiger partial charge in [-0.25, -0.2) is 9.97 Å². The molecule has 2 aromatic carbocycles. The Hall–Kier alpha value is -2.13. The third-order valence-electron chi connectivity index (χ3n) is 3.28. The summed E-state index contributed by atoms with van der Waals surface area (Å²) in [6.45, 7) is 4.94. The first kappa shape index (κ1) is 13.8. The van der Waals surface area contributed by atoms with Gasteiger partial charge in [-0.1, -0.05) is 35.4 Å². The van der Waals surface area contributed by atoms with Crippen molar-refractivity contribution in [3.8, 4) is 11.4 Å². The Bertz CT molecular complexity index is 799. The zero-order valence-corrected chi connectivity index (χ0v) is 12.8. The number of hydrogen-bond acceptors (Lipinski definition) is 3. The van der Waals surface area contributed by atoms with E-state index in [-0.39, 0.29) is 0 Å². The molecule has 0 aliphatic heterocycles. The second-order valence-electron chi connectivity index (χ2n) is 4.96. The van der Waals surface area contributed by atoms with Crippen molar-refractivity contribution >= 4 is 28.3 Å². The summed E-state index contributed by atoms with van der Waals surface area (Å²) in [5.74, 6) is 1.55. The van der Waals surface area contributed by atoms with Gasteiger partial charge < -0.3 is 5.32 Å². The predicted octanol–water partition coefficient (Wildman–Crippen LogP) is 4.69. The van der Waals surface area contributed by atoms with E-state index in [9.17, 15) is 0 Å². The molecule has 0 aliphatic carbocycles. The minimum absolute atomic E-state index is 0.685. The van der Waals surface area contributed by atoms with Crippen molar-refractivity contribution in [3.63, 3.8) is 0 Å². The van der Waals surface area contributed by atoms with Crippen LogP contribution < -0.4 is 5.32 Å². The number of hydrogen-bond donors (Lipinski definition) is 1. The van der Waals surface area contributed by atoms with Crippen molar-refractivity contribution < 1.29 is 0 Å². The van der Waals surface area contributed by atoms with Gasteiger partial charge in [0.25, 0.3) is 0 Å². The topological polar surface area (TPSA) is 37.8 Å². The van der Waals surface area contributed by atoms with Gasteiger partial charge in [0.2, 0.25) is 0 Å². The van der Waals surface area contributed by atoms with E-state index < -0.39 is 0 Å². The molecule has 0 radical (unpaired) electrons. The lowest BCUT2D eigenvalue weighted by atomic mass is 10.1. The summed E-state index contributed by atoms with van der Waals surface area (Å²) in [4.78, 5) is 9.32. The third kappa shape index (κ3) is 2.83. The molecule has 0 spiro atoms. The van der Waals surface area contributed by atoms with Gasteiger partial charge in [0.15, 0.2) is 5.82 Å². The summed E-state index contributed by atoms with van der Waals surface area (Å²) >= 11 is 6.06.